The molecule has 1 heterocycles. The van der Waals surface area contributed by atoms with Crippen LogP contribution in [0.2, 0.25) is 0 Å². The van der Waals surface area contributed by atoms with Gasteiger partial charge in [0.15, 0.2) is 9.84 Å². The Morgan fingerprint density at radius 1 is 1.33 bits per heavy atom. The second-order valence-corrected chi connectivity index (χ2v) is 8.03. The lowest BCUT2D eigenvalue weighted by Gasteiger charge is -2.28. The van der Waals surface area contributed by atoms with Gasteiger partial charge in [-0.1, -0.05) is 13.8 Å². The van der Waals surface area contributed by atoms with Crippen LogP contribution in [0.15, 0.2) is 23.1 Å². The number of carbonyl (C=O) groups is 1. The summed E-state index contributed by atoms with van der Waals surface area (Å²) < 4.78 is 23.3. The molecule has 1 amide bonds. The minimum atomic E-state index is -3.39. The maximum Gasteiger partial charge on any atom is 0.254 e. The van der Waals surface area contributed by atoms with Crippen LogP contribution in [0.25, 0.3) is 0 Å². The normalized spacial score (nSPS) is 19.2. The first-order chi connectivity index (χ1) is 9.70. The fraction of sp³-hybridized carbons (Fsp3) is 0.533. The number of hydrogen-bond acceptors (Lipinski definition) is 4. The van der Waals surface area contributed by atoms with Gasteiger partial charge in [-0.05, 0) is 37.0 Å². The first kappa shape index (κ1) is 15.8. The van der Waals surface area contributed by atoms with Gasteiger partial charge in [-0.25, -0.2) is 8.42 Å². The predicted molar refractivity (Wildman–Crippen MR) is 82.9 cm³/mol. The molecule has 6 heteroatoms. The number of anilines is 1. The summed E-state index contributed by atoms with van der Waals surface area (Å²) in [4.78, 5) is 14.6. The summed E-state index contributed by atoms with van der Waals surface area (Å²) in [6.07, 6.45) is 3.09. The van der Waals surface area contributed by atoms with Crippen molar-refractivity contribution < 1.29 is 13.2 Å². The van der Waals surface area contributed by atoms with E-state index < -0.39 is 9.84 Å². The van der Waals surface area contributed by atoms with Crippen LogP contribution in [-0.4, -0.2) is 38.1 Å². The number of likely N-dealkylation sites (tertiary alicyclic amines) is 1. The molecule has 0 aromatic heterocycles. The molecular formula is C15H22N2O3S. The van der Waals surface area contributed by atoms with Crippen LogP contribution in [0.4, 0.5) is 5.69 Å². The molecule has 0 bridgehead atoms. The summed E-state index contributed by atoms with van der Waals surface area (Å²) in [5, 5.41) is 0. The Hall–Kier alpha value is -1.56. The highest BCUT2D eigenvalue weighted by atomic mass is 32.2. The lowest BCUT2D eigenvalue weighted by atomic mass is 10.0. The van der Waals surface area contributed by atoms with Crippen LogP contribution < -0.4 is 5.73 Å². The Bertz CT molecular complexity index is 653. The number of nitrogens with two attached hydrogens (primary N) is 1. The van der Waals surface area contributed by atoms with Crippen LogP contribution in [0.1, 0.15) is 37.0 Å². The number of nitrogen functional groups attached to an aromatic ring is 1. The molecule has 0 saturated carbocycles. The van der Waals surface area contributed by atoms with Crippen LogP contribution in [-0.2, 0) is 9.84 Å². The van der Waals surface area contributed by atoms with Crippen molar-refractivity contribution in [3.05, 3.63) is 23.8 Å². The minimum Gasteiger partial charge on any atom is -0.399 e. The molecule has 1 saturated heterocycles. The number of rotatable bonds is 3. The molecule has 1 fully saturated rings. The lowest BCUT2D eigenvalue weighted by molar-refractivity contribution is 0.0701. The Morgan fingerprint density at radius 3 is 2.57 bits per heavy atom. The third kappa shape index (κ3) is 3.37. The van der Waals surface area contributed by atoms with Crippen molar-refractivity contribution in [2.45, 2.75) is 37.6 Å². The van der Waals surface area contributed by atoms with Gasteiger partial charge in [-0.3, -0.25) is 4.79 Å². The zero-order valence-electron chi connectivity index (χ0n) is 12.7. The standard InChI is InChI=1S/C15H22N2O3S/c1-10(2)14-5-4-6-17(14)15(18)11-7-12(16)9-13(8-11)21(3,19)20/h7-10,14H,4-6,16H2,1-3H3. The molecule has 1 atom stereocenters. The van der Waals surface area contributed by atoms with E-state index in [0.717, 1.165) is 19.1 Å². The number of carbonyl (C=O) groups excluding carboxylic acids is 1. The maximum atomic E-state index is 12.7. The average Bonchev–Trinajstić information content (AvgIpc) is 2.85. The highest BCUT2D eigenvalue weighted by Gasteiger charge is 2.31. The highest BCUT2D eigenvalue weighted by Crippen LogP contribution is 2.27. The van der Waals surface area contributed by atoms with Gasteiger partial charge >= 0.3 is 0 Å². The van der Waals surface area contributed by atoms with Crippen molar-refractivity contribution in [3.8, 4) is 0 Å². The minimum absolute atomic E-state index is 0.0890. The number of hydrogen-bond donors (Lipinski definition) is 1. The third-order valence-electron chi connectivity index (χ3n) is 3.93. The Morgan fingerprint density at radius 2 is 2.00 bits per heavy atom. The molecule has 1 unspecified atom stereocenters. The molecule has 0 radical (unpaired) electrons. The summed E-state index contributed by atoms with van der Waals surface area (Å²) in [5.74, 6) is 0.246. The van der Waals surface area contributed by atoms with Crippen molar-refractivity contribution in [1.82, 2.24) is 4.90 Å². The molecular weight excluding hydrogens is 288 g/mol. The summed E-state index contributed by atoms with van der Waals surface area (Å²) >= 11 is 0. The van der Waals surface area contributed by atoms with Gasteiger partial charge < -0.3 is 10.6 Å². The Balaban J connectivity index is 2.38. The van der Waals surface area contributed by atoms with Gasteiger partial charge in [0.2, 0.25) is 0 Å². The van der Waals surface area contributed by atoms with E-state index in [2.05, 4.69) is 13.8 Å². The zero-order chi connectivity index (χ0) is 15.8. The number of nitrogens with zero attached hydrogens (tertiary/aromatic N) is 1. The molecule has 1 aliphatic heterocycles. The monoisotopic (exact) mass is 310 g/mol. The molecule has 1 aromatic carbocycles. The SMILES string of the molecule is CC(C)C1CCCN1C(=O)c1cc(N)cc(S(C)(=O)=O)c1. The number of sulfone groups is 1. The molecule has 21 heavy (non-hydrogen) atoms. The van der Waals surface area contributed by atoms with E-state index >= 15 is 0 Å². The zero-order valence-corrected chi connectivity index (χ0v) is 13.5. The lowest BCUT2D eigenvalue weighted by Crippen LogP contribution is -2.38. The van der Waals surface area contributed by atoms with E-state index in [1.165, 1.54) is 12.1 Å². The number of amides is 1. The maximum absolute atomic E-state index is 12.7. The fourth-order valence-electron chi connectivity index (χ4n) is 2.86. The second-order valence-electron chi connectivity index (χ2n) is 6.02. The van der Waals surface area contributed by atoms with E-state index in [1.807, 2.05) is 4.90 Å². The summed E-state index contributed by atoms with van der Waals surface area (Å²) in [6, 6.07) is 4.56. The summed E-state index contributed by atoms with van der Waals surface area (Å²) in [5.41, 5.74) is 6.39. The molecule has 0 spiro atoms. The molecule has 5 nitrogen and oxygen atoms in total. The summed E-state index contributed by atoms with van der Waals surface area (Å²) in [6.45, 7) is 4.90. The second kappa shape index (κ2) is 5.67. The fourth-order valence-corrected chi connectivity index (χ4v) is 3.55. The molecule has 2 N–H and O–H groups in total. The molecule has 1 aromatic rings. The van der Waals surface area contributed by atoms with Crippen LogP contribution in [0.5, 0.6) is 0 Å². The van der Waals surface area contributed by atoms with E-state index in [9.17, 15) is 13.2 Å². The Labute approximate surface area is 126 Å². The van der Waals surface area contributed by atoms with Gasteiger partial charge in [0.1, 0.15) is 0 Å². The van der Waals surface area contributed by atoms with E-state index in [0.29, 0.717) is 23.7 Å². The van der Waals surface area contributed by atoms with Crippen molar-refractivity contribution in [2.24, 2.45) is 5.92 Å². The van der Waals surface area contributed by atoms with Crippen LogP contribution in [0, 0.1) is 5.92 Å². The van der Waals surface area contributed by atoms with E-state index in [1.54, 1.807) is 6.07 Å². The van der Waals surface area contributed by atoms with Crippen LogP contribution in [0.3, 0.4) is 0 Å². The van der Waals surface area contributed by atoms with Crippen molar-refractivity contribution in [2.75, 3.05) is 18.5 Å². The van der Waals surface area contributed by atoms with Crippen molar-refractivity contribution in [3.63, 3.8) is 0 Å². The van der Waals surface area contributed by atoms with Gasteiger partial charge in [-0.2, -0.15) is 0 Å². The van der Waals surface area contributed by atoms with Crippen molar-refractivity contribution >= 4 is 21.4 Å². The Kier molecular flexibility index (Phi) is 4.27. The quantitative estimate of drug-likeness (QED) is 0.865. The van der Waals surface area contributed by atoms with E-state index in [-0.39, 0.29) is 16.8 Å². The molecule has 116 valence electrons. The van der Waals surface area contributed by atoms with E-state index in [4.69, 9.17) is 5.73 Å². The molecule has 0 aliphatic carbocycles. The third-order valence-corrected chi connectivity index (χ3v) is 5.03. The van der Waals surface area contributed by atoms with Gasteiger partial charge in [0.25, 0.3) is 5.91 Å². The number of benzene rings is 1. The molecule has 2 rings (SSSR count). The topological polar surface area (TPSA) is 80.5 Å². The van der Waals surface area contributed by atoms with Crippen molar-refractivity contribution in [1.29, 1.82) is 0 Å². The van der Waals surface area contributed by atoms with Gasteiger partial charge in [0, 0.05) is 30.1 Å². The first-order valence-electron chi connectivity index (χ1n) is 7.11. The first-order valence-corrected chi connectivity index (χ1v) is 9.01. The van der Waals surface area contributed by atoms with Gasteiger partial charge in [-0.15, -0.1) is 0 Å². The van der Waals surface area contributed by atoms with Crippen LogP contribution >= 0.6 is 0 Å². The highest BCUT2D eigenvalue weighted by molar-refractivity contribution is 7.90. The predicted octanol–water partition coefficient (Wildman–Crippen LogP) is 1.93. The van der Waals surface area contributed by atoms with Gasteiger partial charge in [0.05, 0.1) is 4.90 Å². The largest absolute Gasteiger partial charge is 0.399 e. The average molecular weight is 310 g/mol. The molecule has 1 aliphatic rings. The summed E-state index contributed by atoms with van der Waals surface area (Å²) in [7, 11) is -3.39. The smallest absolute Gasteiger partial charge is 0.254 e.